The van der Waals surface area contributed by atoms with Gasteiger partial charge in [-0.2, -0.15) is 0 Å². The number of ketones is 2. The van der Waals surface area contributed by atoms with Crippen LogP contribution in [0.1, 0.15) is 77.0 Å². The van der Waals surface area contributed by atoms with Crippen molar-refractivity contribution in [2.45, 2.75) is 57.4 Å². The van der Waals surface area contributed by atoms with Gasteiger partial charge in [-0.15, -0.1) is 0 Å². The minimum absolute atomic E-state index is 0. The highest BCUT2D eigenvalue weighted by molar-refractivity contribution is 9.09. The van der Waals surface area contributed by atoms with Gasteiger partial charge in [-0.05, 0) is 91.5 Å². The summed E-state index contributed by atoms with van der Waals surface area (Å²) in [6, 6.07) is 43.4. The van der Waals surface area contributed by atoms with Gasteiger partial charge >= 0.3 is 11.9 Å². The number of anilines is 2. The molecule has 75 heavy (non-hydrogen) atoms. The number of nitrogens with one attached hydrogen (secondary N) is 2. The van der Waals surface area contributed by atoms with Crippen molar-refractivity contribution in [3.05, 3.63) is 203 Å². The van der Waals surface area contributed by atoms with E-state index in [0.29, 0.717) is 23.0 Å². The number of nitrogens with zero attached hydrogens (tertiary/aromatic N) is 2. The molecule has 6 aromatic rings. The molecule has 4 bridgehead atoms. The molecule has 0 unspecified atom stereocenters. The highest BCUT2D eigenvalue weighted by Crippen LogP contribution is 2.37. The van der Waals surface area contributed by atoms with Crippen LogP contribution in [0.2, 0.25) is 0 Å². The maximum Gasteiger partial charge on any atom is 0.333 e. The molecule has 0 aromatic heterocycles. The highest BCUT2D eigenvalue weighted by atomic mass is 79.9. The maximum atomic E-state index is 14.2. The molecule has 0 amide bonds. The lowest BCUT2D eigenvalue weighted by atomic mass is 9.82. The normalized spacial score (nSPS) is 21.6. The number of carbonyl (C=O) groups excluding carboxylic acids is 4. The van der Waals surface area contributed by atoms with Crippen LogP contribution in [0.25, 0.3) is 0 Å². The Bertz CT molecular complexity index is 2810. The molecule has 6 heterocycles. The van der Waals surface area contributed by atoms with Crippen molar-refractivity contribution in [3.8, 4) is 0 Å². The number of ether oxygens (including phenoxy) is 2. The van der Waals surface area contributed by atoms with Crippen molar-refractivity contribution >= 4 is 50.8 Å². The van der Waals surface area contributed by atoms with Gasteiger partial charge in [0, 0.05) is 48.8 Å². The van der Waals surface area contributed by atoms with Crippen LogP contribution in [0.4, 0.5) is 28.9 Å². The number of esters is 2. The molecule has 12 rings (SSSR count). The molecule has 6 fully saturated rings. The minimum Gasteiger partial charge on any atom is -1.00 e. The third kappa shape index (κ3) is 15.5. The monoisotopic (exact) mass is 1160 g/mol. The number of alkyl halides is 1. The second-order valence-electron chi connectivity index (χ2n) is 19.0. The standard InChI is InChI=1S/C29H29F2N2O3.C21H24N2O2.C8H5BrF2O.CH4.BrH/c30-22-11-12-24(25(31)17-22)26(34)18-33-15-13-20(14-16-33)27(19-33)36-29(35)28(21-7-3-1-4-8-21)32-23-9-5-2-6-10-23;24-21(25-19-15-23-13-11-16(19)12-14-23)20(17-7-3-1-4-8-17)22-18-9-5-2-6-10-18;9-4-8(12)6-2-1-5(10)3-7(6)11;;/h1-12,17,20,27-28,32H,13-16,18-19H2;1-10,16,19-20,22H,11-15H2;1-3H,4H2;1H4;1H/q+1;;;;/p-1/t20?,27-,28+,33?;19-,20+;;;/m00.../s1. The van der Waals surface area contributed by atoms with Crippen LogP contribution in [-0.2, 0) is 19.1 Å². The number of carbonyl (C=O) groups is 4. The summed E-state index contributed by atoms with van der Waals surface area (Å²) in [5.41, 5.74) is 3.28. The number of hydrogen-bond acceptors (Lipinski definition) is 9. The predicted octanol–water partition coefficient (Wildman–Crippen LogP) is 8.81. The van der Waals surface area contributed by atoms with Gasteiger partial charge < -0.3 is 41.6 Å². The third-order valence-corrected chi connectivity index (χ3v) is 14.7. The Morgan fingerprint density at radius 2 is 0.987 bits per heavy atom. The molecular weight excluding hydrogens is 1100 g/mol. The average Bonchev–Trinajstić information content (AvgIpc) is 3.41. The van der Waals surface area contributed by atoms with E-state index >= 15 is 0 Å². The zero-order valence-corrected chi connectivity index (χ0v) is 43.7. The van der Waals surface area contributed by atoms with Crippen LogP contribution in [0.5, 0.6) is 0 Å². The van der Waals surface area contributed by atoms with Crippen molar-refractivity contribution < 1.29 is 67.7 Å². The Morgan fingerprint density at radius 3 is 1.40 bits per heavy atom. The van der Waals surface area contributed by atoms with Crippen LogP contribution in [0, 0.1) is 35.1 Å². The van der Waals surface area contributed by atoms with Gasteiger partial charge in [0.15, 0.2) is 24.0 Å². The fraction of sp³-hybridized carbons (Fsp3) is 0.322. The van der Waals surface area contributed by atoms with Crippen LogP contribution in [0.15, 0.2) is 158 Å². The lowest BCUT2D eigenvalue weighted by Crippen LogP contribution is -3.00. The molecule has 6 aliphatic rings. The van der Waals surface area contributed by atoms with E-state index < -0.39 is 41.1 Å². The highest BCUT2D eigenvalue weighted by Gasteiger charge is 2.49. The van der Waals surface area contributed by atoms with Crippen molar-refractivity contribution in [2.24, 2.45) is 11.8 Å². The quantitative estimate of drug-likeness (QED) is 0.0343. The topological polar surface area (TPSA) is 114 Å². The predicted molar refractivity (Wildman–Crippen MR) is 282 cm³/mol. The first-order chi connectivity index (χ1) is 35.4. The summed E-state index contributed by atoms with van der Waals surface area (Å²) in [5, 5.41) is 6.67. The smallest absolute Gasteiger partial charge is 0.333 e. The van der Waals surface area contributed by atoms with E-state index in [1.807, 2.05) is 121 Å². The van der Waals surface area contributed by atoms with Gasteiger partial charge in [0.2, 0.25) is 5.78 Å². The fourth-order valence-corrected chi connectivity index (χ4v) is 10.5. The molecule has 0 saturated carbocycles. The molecule has 0 aliphatic carbocycles. The maximum absolute atomic E-state index is 14.2. The van der Waals surface area contributed by atoms with Crippen LogP contribution in [0.3, 0.4) is 0 Å². The number of piperidine rings is 6. The zero-order valence-electron chi connectivity index (χ0n) is 40.6. The SMILES string of the molecule is C.O=C(CBr)c1ccc(F)cc1F.O=C(C[N+]12CCC(CC1)[C@@H](OC(=O)[C@H](Nc1ccccc1)c1ccccc1)C2)c1ccc(F)cc1F.O=C(O[C@H]1CN2CCC1CC2)[C@H](Nc1ccccc1)c1ccccc1.[Br-]. The van der Waals surface area contributed by atoms with E-state index in [1.54, 1.807) is 0 Å². The molecule has 4 atom stereocenters. The second kappa shape index (κ2) is 27.5. The lowest BCUT2D eigenvalue weighted by molar-refractivity contribution is -0.938. The molecule has 16 heteroatoms. The van der Waals surface area contributed by atoms with Gasteiger partial charge in [0.25, 0.3) is 0 Å². The van der Waals surface area contributed by atoms with E-state index in [-0.39, 0.29) is 83.3 Å². The number of halogens is 6. The van der Waals surface area contributed by atoms with Crippen molar-refractivity contribution in [1.82, 2.24) is 4.90 Å². The fourth-order valence-electron chi connectivity index (χ4n) is 10.2. The number of fused-ring (bicyclic) bond motifs is 6. The molecule has 396 valence electrons. The Morgan fingerprint density at radius 1 is 0.573 bits per heavy atom. The number of quaternary nitrogens is 1. The number of Topliss-reactive ketones (excluding diaryl/α,β-unsaturated/α-hetero) is 2. The van der Waals surface area contributed by atoms with Gasteiger partial charge in [-0.1, -0.05) is 120 Å². The first kappa shape index (κ1) is 58.1. The molecular formula is C59H62Br2F4N4O6. The zero-order chi connectivity index (χ0) is 51.3. The van der Waals surface area contributed by atoms with Gasteiger partial charge in [-0.25, -0.2) is 27.2 Å². The van der Waals surface area contributed by atoms with E-state index in [9.17, 15) is 36.7 Å². The summed E-state index contributed by atoms with van der Waals surface area (Å²) in [7, 11) is 0. The molecule has 0 radical (unpaired) electrons. The molecule has 6 aliphatic heterocycles. The van der Waals surface area contributed by atoms with Gasteiger partial charge in [0.1, 0.15) is 42.5 Å². The number of hydrogen-bond donors (Lipinski definition) is 2. The van der Waals surface area contributed by atoms with Crippen molar-refractivity contribution in [1.29, 1.82) is 0 Å². The van der Waals surface area contributed by atoms with E-state index in [1.165, 1.54) is 6.07 Å². The summed E-state index contributed by atoms with van der Waals surface area (Å²) in [6.45, 7) is 5.33. The van der Waals surface area contributed by atoms with Crippen LogP contribution < -0.4 is 27.6 Å². The van der Waals surface area contributed by atoms with Gasteiger partial charge in [-0.3, -0.25) is 14.5 Å². The summed E-state index contributed by atoms with van der Waals surface area (Å²) >= 11 is 2.89. The van der Waals surface area contributed by atoms with E-state index in [2.05, 4.69) is 31.5 Å². The lowest BCUT2D eigenvalue weighted by Gasteiger charge is -2.51. The van der Waals surface area contributed by atoms with E-state index in [0.717, 1.165) is 105 Å². The van der Waals surface area contributed by atoms with Crippen molar-refractivity contribution in [2.75, 3.05) is 61.8 Å². The second-order valence-corrected chi connectivity index (χ2v) is 19.6. The molecule has 10 nitrogen and oxygen atoms in total. The first-order valence-corrected chi connectivity index (χ1v) is 25.7. The molecule has 2 N–H and O–H groups in total. The Kier molecular flexibility index (Phi) is 21.3. The van der Waals surface area contributed by atoms with Crippen molar-refractivity contribution in [3.63, 3.8) is 0 Å². The van der Waals surface area contributed by atoms with Crippen LogP contribution >= 0.6 is 15.9 Å². The third-order valence-electron chi connectivity index (χ3n) is 14.1. The number of para-hydroxylation sites is 2. The summed E-state index contributed by atoms with van der Waals surface area (Å²) in [6.07, 6.45) is 3.65. The average molecular weight is 1160 g/mol. The molecule has 6 saturated heterocycles. The molecule has 6 aromatic carbocycles. The van der Waals surface area contributed by atoms with Gasteiger partial charge in [0.05, 0.1) is 29.5 Å². The first-order valence-electron chi connectivity index (χ1n) is 24.6. The molecule has 0 spiro atoms. The number of rotatable bonds is 15. The Balaban J connectivity index is 0.000000203. The largest absolute Gasteiger partial charge is 1.00 e. The summed E-state index contributed by atoms with van der Waals surface area (Å²) in [4.78, 5) is 52.8. The van der Waals surface area contributed by atoms with Crippen LogP contribution in [-0.4, -0.2) is 96.2 Å². The number of benzene rings is 6. The van der Waals surface area contributed by atoms with E-state index in [4.69, 9.17) is 9.47 Å². The summed E-state index contributed by atoms with van der Waals surface area (Å²) < 4.78 is 65.2. The Labute approximate surface area is 455 Å². The minimum atomic E-state index is -0.842. The summed E-state index contributed by atoms with van der Waals surface area (Å²) in [5.74, 6) is -3.60. The Hall–Kier alpha value is -6.20.